The normalized spacial score (nSPS) is 11.9. The maximum atomic E-state index is 4.75. The summed E-state index contributed by atoms with van der Waals surface area (Å²) in [6.45, 7) is 1.92. The van der Waals surface area contributed by atoms with Gasteiger partial charge < -0.3 is 4.57 Å². The summed E-state index contributed by atoms with van der Waals surface area (Å²) in [6, 6.07) is 26.1. The van der Waals surface area contributed by atoms with Crippen LogP contribution in [0.1, 0.15) is 12.7 Å². The van der Waals surface area contributed by atoms with Crippen LogP contribution in [0.15, 0.2) is 84.0 Å². The van der Waals surface area contributed by atoms with Crippen molar-refractivity contribution in [3.05, 3.63) is 84.7 Å². The van der Waals surface area contributed by atoms with Gasteiger partial charge in [-0.25, -0.2) is 20.4 Å². The molecule has 0 atom stereocenters. The number of para-hydroxylation sites is 3. The number of aromatic nitrogens is 4. The summed E-state index contributed by atoms with van der Waals surface area (Å²) in [5.74, 6) is 1.25. The van der Waals surface area contributed by atoms with Gasteiger partial charge in [0.05, 0.1) is 22.2 Å². The second-order valence-electron chi connectivity index (χ2n) is 7.07. The molecular formula is C24H20N6. The fraction of sp³-hybridized carbons (Fsp3) is 0.0833. The van der Waals surface area contributed by atoms with Gasteiger partial charge in [0.15, 0.2) is 5.82 Å². The second kappa shape index (κ2) is 7.40. The number of hydrogen-bond acceptors (Lipinski definition) is 5. The number of anilines is 1. The lowest BCUT2D eigenvalue weighted by Gasteiger charge is -2.09. The van der Waals surface area contributed by atoms with E-state index in [1.165, 1.54) is 0 Å². The highest BCUT2D eigenvalue weighted by molar-refractivity contribution is 5.99. The molecule has 0 saturated carbocycles. The first-order valence-corrected chi connectivity index (χ1v) is 9.75. The maximum Gasteiger partial charge on any atom is 0.244 e. The molecule has 30 heavy (non-hydrogen) atoms. The fourth-order valence-electron chi connectivity index (χ4n) is 3.60. The number of fused-ring (bicyclic) bond motifs is 2. The van der Waals surface area contributed by atoms with Gasteiger partial charge in [-0.15, -0.1) is 0 Å². The number of rotatable bonds is 4. The van der Waals surface area contributed by atoms with E-state index in [0.717, 1.165) is 44.7 Å². The molecule has 0 unspecified atom stereocenters. The van der Waals surface area contributed by atoms with Gasteiger partial charge in [0.25, 0.3) is 0 Å². The highest BCUT2D eigenvalue weighted by Crippen LogP contribution is 2.27. The maximum absolute atomic E-state index is 4.75. The summed E-state index contributed by atoms with van der Waals surface area (Å²) in [5.41, 5.74) is 8.57. The Balaban J connectivity index is 1.54. The fourth-order valence-corrected chi connectivity index (χ4v) is 3.60. The van der Waals surface area contributed by atoms with Crippen molar-refractivity contribution in [2.45, 2.75) is 6.92 Å². The summed E-state index contributed by atoms with van der Waals surface area (Å²) >= 11 is 0. The molecule has 0 fully saturated rings. The molecule has 2 heterocycles. The number of hydrogen-bond donors (Lipinski definition) is 1. The van der Waals surface area contributed by atoms with E-state index < -0.39 is 0 Å². The monoisotopic (exact) mass is 392 g/mol. The van der Waals surface area contributed by atoms with Crippen molar-refractivity contribution < 1.29 is 0 Å². The van der Waals surface area contributed by atoms with Crippen LogP contribution in [0.2, 0.25) is 0 Å². The molecule has 6 nitrogen and oxygen atoms in total. The van der Waals surface area contributed by atoms with Crippen LogP contribution in [0.25, 0.3) is 33.2 Å². The molecule has 0 radical (unpaired) electrons. The molecule has 6 heteroatoms. The highest BCUT2D eigenvalue weighted by Gasteiger charge is 2.12. The Morgan fingerprint density at radius 3 is 2.30 bits per heavy atom. The highest BCUT2D eigenvalue weighted by atomic mass is 15.4. The Hall–Kier alpha value is -4.06. The van der Waals surface area contributed by atoms with E-state index in [-0.39, 0.29) is 0 Å². The first kappa shape index (κ1) is 18.0. The number of aryl methyl sites for hydroxylation is 1. The van der Waals surface area contributed by atoms with Crippen molar-refractivity contribution in [1.82, 2.24) is 19.5 Å². The average Bonchev–Trinajstić information content (AvgIpc) is 3.14. The molecule has 0 aliphatic rings. The molecule has 0 aliphatic carbocycles. The molecular weight excluding hydrogens is 372 g/mol. The lowest BCUT2D eigenvalue weighted by molar-refractivity contribution is 0.926. The lowest BCUT2D eigenvalue weighted by Crippen LogP contribution is -2.08. The van der Waals surface area contributed by atoms with Gasteiger partial charge in [0.2, 0.25) is 5.95 Å². The topological polar surface area (TPSA) is 68.0 Å². The molecule has 0 aliphatic heterocycles. The van der Waals surface area contributed by atoms with E-state index in [9.17, 15) is 0 Å². The largest absolute Gasteiger partial charge is 0.326 e. The van der Waals surface area contributed by atoms with E-state index in [2.05, 4.69) is 15.5 Å². The number of imidazole rings is 1. The summed E-state index contributed by atoms with van der Waals surface area (Å²) < 4.78 is 2.03. The molecule has 0 spiro atoms. The molecule has 3 aromatic carbocycles. The standard InChI is InChI=1S/C24H20N6/c1-16(23-25-20-14-8-9-15-21(20)30(23)2)28-29-24-26-19-13-7-6-12-18(19)22(27-24)17-10-4-3-5-11-17/h3-15H,1-2H3,(H,26,27,29)/b28-16+. The first-order chi connectivity index (χ1) is 14.7. The SMILES string of the molecule is C/C(=N\Nc1nc(-c2ccccc2)c2ccccc2n1)c1nc2ccccc2n1C. The van der Waals surface area contributed by atoms with Crippen molar-refractivity contribution in [3.63, 3.8) is 0 Å². The molecule has 5 rings (SSSR count). The van der Waals surface area contributed by atoms with Crippen LogP contribution in [-0.4, -0.2) is 25.2 Å². The van der Waals surface area contributed by atoms with Crippen LogP contribution in [0, 0.1) is 0 Å². The number of nitrogens with one attached hydrogen (secondary N) is 1. The van der Waals surface area contributed by atoms with Crippen molar-refractivity contribution in [2.24, 2.45) is 12.1 Å². The minimum absolute atomic E-state index is 0.450. The Bertz CT molecular complexity index is 1390. The third-order valence-electron chi connectivity index (χ3n) is 5.08. The zero-order valence-corrected chi connectivity index (χ0v) is 16.7. The van der Waals surface area contributed by atoms with Gasteiger partial charge in [-0.1, -0.05) is 60.7 Å². The zero-order valence-electron chi connectivity index (χ0n) is 16.7. The van der Waals surface area contributed by atoms with E-state index in [1.807, 2.05) is 97.4 Å². The third kappa shape index (κ3) is 3.18. The molecule has 146 valence electrons. The van der Waals surface area contributed by atoms with E-state index in [4.69, 9.17) is 9.97 Å². The third-order valence-corrected chi connectivity index (χ3v) is 5.08. The van der Waals surface area contributed by atoms with Crippen molar-refractivity contribution >= 4 is 33.6 Å². The number of nitrogens with zero attached hydrogens (tertiary/aromatic N) is 5. The number of benzene rings is 3. The Kier molecular flexibility index (Phi) is 4.44. The summed E-state index contributed by atoms with van der Waals surface area (Å²) in [7, 11) is 1.99. The molecule has 5 aromatic rings. The predicted octanol–water partition coefficient (Wildman–Crippen LogP) is 5.02. The van der Waals surface area contributed by atoms with Gasteiger partial charge in [-0.3, -0.25) is 0 Å². The van der Waals surface area contributed by atoms with E-state index >= 15 is 0 Å². The summed E-state index contributed by atoms with van der Waals surface area (Å²) in [4.78, 5) is 14.1. The Morgan fingerprint density at radius 1 is 0.800 bits per heavy atom. The van der Waals surface area contributed by atoms with Crippen molar-refractivity contribution in [1.29, 1.82) is 0 Å². The van der Waals surface area contributed by atoms with Gasteiger partial charge in [0, 0.05) is 18.0 Å². The molecule has 0 bridgehead atoms. The minimum Gasteiger partial charge on any atom is -0.326 e. The Morgan fingerprint density at radius 2 is 1.50 bits per heavy atom. The van der Waals surface area contributed by atoms with E-state index in [1.54, 1.807) is 0 Å². The quantitative estimate of drug-likeness (QED) is 0.344. The summed E-state index contributed by atoms with van der Waals surface area (Å²) in [5, 5.41) is 5.53. The minimum atomic E-state index is 0.450. The van der Waals surface area contributed by atoms with E-state index in [0.29, 0.717) is 5.95 Å². The van der Waals surface area contributed by atoms with Crippen LogP contribution in [0.5, 0.6) is 0 Å². The van der Waals surface area contributed by atoms with Crippen LogP contribution >= 0.6 is 0 Å². The molecule has 2 aromatic heterocycles. The van der Waals surface area contributed by atoms with Gasteiger partial charge in [-0.05, 0) is 25.1 Å². The molecule has 0 saturated heterocycles. The van der Waals surface area contributed by atoms with Crippen molar-refractivity contribution in [3.8, 4) is 11.3 Å². The number of hydrazone groups is 1. The average molecular weight is 392 g/mol. The first-order valence-electron chi connectivity index (χ1n) is 9.75. The zero-order chi connectivity index (χ0) is 20.5. The molecule has 0 amide bonds. The summed E-state index contributed by atoms with van der Waals surface area (Å²) in [6.07, 6.45) is 0. The van der Waals surface area contributed by atoms with Crippen LogP contribution < -0.4 is 5.43 Å². The second-order valence-corrected chi connectivity index (χ2v) is 7.07. The van der Waals surface area contributed by atoms with Crippen molar-refractivity contribution in [2.75, 3.05) is 5.43 Å². The Labute approximate surface area is 173 Å². The van der Waals surface area contributed by atoms with Gasteiger partial charge in [-0.2, -0.15) is 5.10 Å². The van der Waals surface area contributed by atoms with Gasteiger partial charge in [0.1, 0.15) is 5.71 Å². The smallest absolute Gasteiger partial charge is 0.244 e. The van der Waals surface area contributed by atoms with Crippen LogP contribution in [-0.2, 0) is 7.05 Å². The lowest BCUT2D eigenvalue weighted by atomic mass is 10.1. The van der Waals surface area contributed by atoms with Crippen LogP contribution in [0.4, 0.5) is 5.95 Å². The molecule has 1 N–H and O–H groups in total. The predicted molar refractivity (Wildman–Crippen MR) is 122 cm³/mol. The van der Waals surface area contributed by atoms with Crippen LogP contribution in [0.3, 0.4) is 0 Å². The van der Waals surface area contributed by atoms with Gasteiger partial charge >= 0.3 is 0 Å².